The number of hydrogen-bond donors (Lipinski definition) is 0. The van der Waals surface area contributed by atoms with Gasteiger partial charge in [0.25, 0.3) is 0 Å². The Morgan fingerprint density at radius 3 is 1.16 bits per heavy atom. The smallest absolute Gasteiger partial charge is 0.744 e. The Labute approximate surface area is 372 Å². The van der Waals surface area contributed by atoms with Crippen molar-refractivity contribution in [3.63, 3.8) is 0 Å². The molecule has 0 saturated heterocycles. The minimum absolute atomic E-state index is 0. The Morgan fingerprint density at radius 2 is 0.807 bits per heavy atom. The molecule has 0 amide bonds. The number of hydrogen-bond acceptors (Lipinski definition) is 7. The molecule has 1 aromatic carbocycles. The molecule has 0 unspecified atom stereocenters. The van der Waals surface area contributed by atoms with E-state index in [1.165, 1.54) is 153 Å². The Morgan fingerprint density at radius 1 is 0.491 bits per heavy atom. The molecular weight excluding hydrogens is 744 g/mol. The van der Waals surface area contributed by atoms with Crippen molar-refractivity contribution in [3.8, 4) is 0 Å². The number of esters is 2. The summed E-state index contributed by atoms with van der Waals surface area (Å²) in [4.78, 5) is 25.2. The average Bonchev–Trinajstić information content (AvgIpc) is 3.18. The number of carbonyl (C=O) groups excluding carboxylic acids is 2. The summed E-state index contributed by atoms with van der Waals surface area (Å²) in [7, 11) is -5.02. The Hall–Kier alpha value is -1.45. The van der Waals surface area contributed by atoms with Crippen LogP contribution in [0.25, 0.3) is 0 Å². The zero-order chi connectivity index (χ0) is 40.8. The molecule has 7 nitrogen and oxygen atoms in total. The molecule has 0 aliphatic carbocycles. The van der Waals surface area contributed by atoms with Crippen LogP contribution in [0.5, 0.6) is 0 Å². The Kier molecular flexibility index (Phi) is 39.0. The van der Waals surface area contributed by atoms with Gasteiger partial charge in [-0.2, -0.15) is 0 Å². The molecule has 0 aromatic heterocycles. The van der Waals surface area contributed by atoms with E-state index in [2.05, 4.69) is 38.2 Å². The van der Waals surface area contributed by atoms with E-state index in [1.807, 2.05) is 0 Å². The molecule has 0 N–H and O–H groups in total. The van der Waals surface area contributed by atoms with Crippen molar-refractivity contribution in [1.29, 1.82) is 0 Å². The van der Waals surface area contributed by atoms with Crippen LogP contribution in [-0.2, 0) is 19.6 Å². The van der Waals surface area contributed by atoms with E-state index in [0.29, 0.717) is 12.8 Å². The molecule has 0 atom stereocenters. The van der Waals surface area contributed by atoms with E-state index >= 15 is 0 Å². The topological polar surface area (TPSA) is 110 Å². The summed E-state index contributed by atoms with van der Waals surface area (Å²) >= 11 is 0. The third-order valence-corrected chi connectivity index (χ3v) is 11.4. The molecule has 9 heteroatoms. The summed E-state index contributed by atoms with van der Waals surface area (Å²) in [6.07, 6.45) is 47.5. The first-order chi connectivity index (χ1) is 27.3. The van der Waals surface area contributed by atoms with Crippen LogP contribution in [0.2, 0.25) is 0 Å². The molecule has 0 saturated carbocycles. The van der Waals surface area contributed by atoms with Crippen LogP contribution in [0.15, 0.2) is 47.4 Å². The molecule has 0 bridgehead atoms. The van der Waals surface area contributed by atoms with Crippen LogP contribution in [0.1, 0.15) is 240 Å². The van der Waals surface area contributed by atoms with Gasteiger partial charge >= 0.3 is 41.5 Å². The molecule has 0 aliphatic heterocycles. The van der Waals surface area contributed by atoms with Crippen molar-refractivity contribution in [2.24, 2.45) is 0 Å². The van der Waals surface area contributed by atoms with E-state index < -0.39 is 32.5 Å². The minimum atomic E-state index is -5.02. The maximum Gasteiger partial charge on any atom is 1.00 e. The van der Waals surface area contributed by atoms with Crippen molar-refractivity contribution in [3.05, 3.63) is 53.6 Å². The predicted octanol–water partition coefficient (Wildman–Crippen LogP) is 11.5. The van der Waals surface area contributed by atoms with Gasteiger partial charge in [-0.1, -0.05) is 185 Å². The Bertz CT molecular complexity index is 1280. The first-order valence-electron chi connectivity index (χ1n) is 23.1. The second-order valence-electron chi connectivity index (χ2n) is 15.7. The van der Waals surface area contributed by atoms with Crippen LogP contribution < -0.4 is 29.6 Å². The zero-order valence-corrected chi connectivity index (χ0v) is 39.7. The predicted molar refractivity (Wildman–Crippen MR) is 232 cm³/mol. The molecule has 1 aromatic rings. The van der Waals surface area contributed by atoms with E-state index in [-0.39, 0.29) is 48.3 Å². The average molecular weight is 825 g/mol. The molecule has 1 rings (SSSR count). The van der Waals surface area contributed by atoms with Gasteiger partial charge in [-0.25, -0.2) is 18.0 Å². The molecule has 0 spiro atoms. The summed E-state index contributed by atoms with van der Waals surface area (Å²) < 4.78 is 46.8. The van der Waals surface area contributed by atoms with Gasteiger partial charge in [-0.05, 0) is 76.3 Å². The Balaban J connectivity index is 0.0000314. The quantitative estimate of drug-likeness (QED) is 0.0214. The zero-order valence-electron chi connectivity index (χ0n) is 36.8. The number of carbonyl (C=O) groups is 2. The standard InChI is InChI=1S/C48H82O7S.Na/c1-3-5-7-9-11-13-15-17-19-21-23-25-27-29-31-33-35-37-42-54-47(49)44-40-39-41-45(56(51,52)53)46(44)48(50)55-43-38-36-34-32-30-28-26-24-22-20-18-16-14-12-10-8-6-4-2;/h19-22,39-41H,3-18,23-38,42-43H2,1-2H3,(H,51,52,53);/q;+1/p-1/b21-19+,22-20+;. The van der Waals surface area contributed by atoms with Crippen LogP contribution in [0.3, 0.4) is 0 Å². The maximum atomic E-state index is 13.0. The van der Waals surface area contributed by atoms with Crippen LogP contribution >= 0.6 is 0 Å². The minimum Gasteiger partial charge on any atom is -0.744 e. The first-order valence-corrected chi connectivity index (χ1v) is 24.5. The van der Waals surface area contributed by atoms with Gasteiger partial charge < -0.3 is 14.0 Å². The fourth-order valence-electron chi connectivity index (χ4n) is 7.01. The van der Waals surface area contributed by atoms with Crippen LogP contribution in [0.4, 0.5) is 0 Å². The fraction of sp³-hybridized carbons (Fsp3) is 0.750. The van der Waals surface area contributed by atoms with Crippen molar-refractivity contribution < 1.29 is 61.6 Å². The molecule has 0 radical (unpaired) electrons. The summed E-state index contributed by atoms with van der Waals surface area (Å²) in [5, 5.41) is 0. The van der Waals surface area contributed by atoms with Crippen molar-refractivity contribution in [2.75, 3.05) is 13.2 Å². The van der Waals surface area contributed by atoms with Crippen molar-refractivity contribution in [1.82, 2.24) is 0 Å². The van der Waals surface area contributed by atoms with Crippen molar-refractivity contribution >= 4 is 22.1 Å². The molecule has 322 valence electrons. The largest absolute Gasteiger partial charge is 1.00 e. The van der Waals surface area contributed by atoms with E-state index in [4.69, 9.17) is 9.47 Å². The normalized spacial score (nSPS) is 11.7. The van der Waals surface area contributed by atoms with Crippen molar-refractivity contribution in [2.45, 2.75) is 224 Å². The van der Waals surface area contributed by atoms with Crippen LogP contribution in [-0.4, -0.2) is 38.1 Å². The maximum absolute atomic E-state index is 13.0. The second-order valence-corrected chi connectivity index (χ2v) is 17.0. The van der Waals surface area contributed by atoms with Gasteiger partial charge in [-0.15, -0.1) is 0 Å². The first kappa shape index (κ1) is 55.5. The van der Waals surface area contributed by atoms with E-state index in [9.17, 15) is 22.6 Å². The van der Waals surface area contributed by atoms with Gasteiger partial charge in [-0.3, -0.25) is 0 Å². The van der Waals surface area contributed by atoms with Crippen LogP contribution in [0, 0.1) is 0 Å². The summed E-state index contributed by atoms with van der Waals surface area (Å²) in [6.45, 7) is 4.75. The van der Waals surface area contributed by atoms with E-state index in [1.54, 1.807) is 0 Å². The third kappa shape index (κ3) is 32.1. The molecular formula is C48H81NaO7S. The summed E-state index contributed by atoms with van der Waals surface area (Å²) in [5.41, 5.74) is -0.785. The van der Waals surface area contributed by atoms with E-state index in [0.717, 1.165) is 57.4 Å². The number of rotatable bonds is 39. The SMILES string of the molecule is CCCCCCCCC/C=C/CCCCCCCCCOC(=O)c1cccc(S(=O)(=O)[O-])c1C(=O)OCCCCCCCCC/C=C/CCCCCCCCC.[Na+]. The van der Waals surface area contributed by atoms with Gasteiger partial charge in [0, 0.05) is 0 Å². The molecule has 0 fully saturated rings. The fourth-order valence-corrected chi connectivity index (χ4v) is 7.69. The number of allylic oxidation sites excluding steroid dienone is 4. The van der Waals surface area contributed by atoms with Gasteiger partial charge in [0.05, 0.1) is 29.2 Å². The van der Waals surface area contributed by atoms with Gasteiger partial charge in [0.2, 0.25) is 0 Å². The van der Waals surface area contributed by atoms with Gasteiger partial charge in [0.15, 0.2) is 0 Å². The summed E-state index contributed by atoms with van der Waals surface area (Å²) in [6, 6.07) is 3.62. The number of benzene rings is 1. The van der Waals surface area contributed by atoms with Gasteiger partial charge in [0.1, 0.15) is 10.1 Å². The second kappa shape index (κ2) is 40.0. The number of unbranched alkanes of at least 4 members (excludes halogenated alkanes) is 28. The molecule has 0 heterocycles. The molecule has 0 aliphatic rings. The molecule has 57 heavy (non-hydrogen) atoms. The summed E-state index contributed by atoms with van der Waals surface area (Å²) in [5.74, 6) is -1.82. The monoisotopic (exact) mass is 825 g/mol. The third-order valence-electron chi connectivity index (χ3n) is 10.5. The number of ether oxygens (including phenoxy) is 2.